The minimum absolute atomic E-state index is 0.0192. The summed E-state index contributed by atoms with van der Waals surface area (Å²) < 4.78 is -0.538. The minimum atomic E-state index is -0.538. The fourth-order valence-corrected chi connectivity index (χ4v) is 2.02. The van der Waals surface area contributed by atoms with Gasteiger partial charge in [0.2, 0.25) is 5.91 Å². The van der Waals surface area contributed by atoms with Gasteiger partial charge in [0.05, 0.1) is 10.4 Å². The molecule has 1 rings (SSSR count). The fourth-order valence-electron chi connectivity index (χ4n) is 1.91. The second kappa shape index (κ2) is 6.56. The molecule has 1 atom stereocenters. The number of aryl methyl sites for hydroxylation is 1. The summed E-state index contributed by atoms with van der Waals surface area (Å²) in [7, 11) is 0. The molecule has 0 fully saturated rings. The van der Waals surface area contributed by atoms with Gasteiger partial charge in [0.1, 0.15) is 0 Å². The molecule has 0 aliphatic carbocycles. The number of rotatable bonds is 5. The average Bonchev–Trinajstić information content (AvgIpc) is 2.34. The lowest BCUT2D eigenvalue weighted by Gasteiger charge is -2.26. The normalized spacial score (nSPS) is 13.4. The summed E-state index contributed by atoms with van der Waals surface area (Å²) in [6.07, 6.45) is 1.04. The molecule has 1 N–H and O–H groups in total. The molecular weight excluding hydrogens is 302 g/mol. The van der Waals surface area contributed by atoms with Crippen LogP contribution in [0.25, 0.3) is 0 Å². The van der Waals surface area contributed by atoms with Gasteiger partial charge in [-0.05, 0) is 37.3 Å². The number of carbonyl (C=O) groups excluding carboxylic acids is 1. The first kappa shape index (κ1) is 16.2. The van der Waals surface area contributed by atoms with Gasteiger partial charge in [-0.15, -0.1) is 0 Å². The zero-order chi connectivity index (χ0) is 14.6. The van der Waals surface area contributed by atoms with Crippen LogP contribution >= 0.6 is 15.9 Å². The molecule has 0 aliphatic rings. The highest BCUT2D eigenvalue weighted by Gasteiger charge is 2.27. The van der Waals surface area contributed by atoms with Crippen molar-refractivity contribution < 1.29 is 4.79 Å². The van der Waals surface area contributed by atoms with Crippen molar-refractivity contribution in [2.75, 3.05) is 0 Å². The number of hydrogen-bond donors (Lipinski definition) is 1. The first-order chi connectivity index (χ1) is 8.75. The zero-order valence-electron chi connectivity index (χ0n) is 12.5. The quantitative estimate of drug-likeness (QED) is 0.806. The van der Waals surface area contributed by atoms with Crippen LogP contribution in [0.4, 0.5) is 0 Å². The highest BCUT2D eigenvalue weighted by atomic mass is 79.9. The molecule has 3 heteroatoms. The number of hydrogen-bond acceptors (Lipinski definition) is 1. The van der Waals surface area contributed by atoms with Crippen LogP contribution in [-0.2, 0) is 11.2 Å². The van der Waals surface area contributed by atoms with Crippen molar-refractivity contribution in [2.45, 2.75) is 51.4 Å². The van der Waals surface area contributed by atoms with E-state index in [0.29, 0.717) is 5.92 Å². The van der Waals surface area contributed by atoms with Crippen molar-refractivity contribution in [1.29, 1.82) is 0 Å². The highest BCUT2D eigenvalue weighted by Crippen LogP contribution is 2.25. The summed E-state index contributed by atoms with van der Waals surface area (Å²) >= 11 is 3.40. The topological polar surface area (TPSA) is 29.1 Å². The Morgan fingerprint density at radius 3 is 2.16 bits per heavy atom. The van der Waals surface area contributed by atoms with E-state index >= 15 is 0 Å². The van der Waals surface area contributed by atoms with Gasteiger partial charge in [-0.3, -0.25) is 4.79 Å². The molecule has 0 radical (unpaired) electrons. The van der Waals surface area contributed by atoms with Crippen LogP contribution in [0, 0.1) is 5.92 Å². The Morgan fingerprint density at radius 2 is 1.79 bits per heavy atom. The van der Waals surface area contributed by atoms with Gasteiger partial charge in [-0.25, -0.2) is 0 Å². The molecule has 1 unspecified atom stereocenters. The van der Waals surface area contributed by atoms with E-state index in [9.17, 15) is 4.79 Å². The van der Waals surface area contributed by atoms with Crippen molar-refractivity contribution in [3.63, 3.8) is 0 Å². The van der Waals surface area contributed by atoms with E-state index in [2.05, 4.69) is 66.3 Å². The van der Waals surface area contributed by atoms with Gasteiger partial charge in [-0.1, -0.05) is 61.0 Å². The summed E-state index contributed by atoms with van der Waals surface area (Å²) in [5.74, 6) is 0.372. The maximum Gasteiger partial charge on any atom is 0.236 e. The van der Waals surface area contributed by atoms with Gasteiger partial charge in [-0.2, -0.15) is 0 Å². The lowest BCUT2D eigenvalue weighted by Crippen LogP contribution is -2.41. The Labute approximate surface area is 125 Å². The summed E-state index contributed by atoms with van der Waals surface area (Å²) in [5.41, 5.74) is 2.48. The SMILES string of the molecule is CCc1ccc(C(NC(=O)C(C)(C)Br)C(C)C)cc1. The predicted octanol–water partition coefficient (Wildman–Crippen LogP) is 4.24. The van der Waals surface area contributed by atoms with Crippen LogP contribution in [0.3, 0.4) is 0 Å². The largest absolute Gasteiger partial charge is 0.348 e. The Bertz CT molecular complexity index is 417. The van der Waals surface area contributed by atoms with E-state index in [4.69, 9.17) is 0 Å². The van der Waals surface area contributed by atoms with Crippen molar-refractivity contribution in [3.8, 4) is 0 Å². The van der Waals surface area contributed by atoms with Crippen molar-refractivity contribution in [1.82, 2.24) is 5.32 Å². The van der Waals surface area contributed by atoms with Crippen LogP contribution in [0.5, 0.6) is 0 Å². The lowest BCUT2D eigenvalue weighted by atomic mass is 9.94. The summed E-state index contributed by atoms with van der Waals surface area (Å²) in [6.45, 7) is 10.1. The lowest BCUT2D eigenvalue weighted by molar-refractivity contribution is -0.123. The van der Waals surface area contributed by atoms with E-state index in [1.54, 1.807) is 0 Å². The number of nitrogens with one attached hydrogen (secondary N) is 1. The first-order valence-corrected chi connectivity index (χ1v) is 7.63. The third-order valence-corrected chi connectivity index (χ3v) is 3.60. The molecule has 1 amide bonds. The van der Waals surface area contributed by atoms with Gasteiger partial charge in [0.25, 0.3) is 0 Å². The Hall–Kier alpha value is -0.830. The highest BCUT2D eigenvalue weighted by molar-refractivity contribution is 9.10. The van der Waals surface area contributed by atoms with Crippen molar-refractivity contribution in [2.24, 2.45) is 5.92 Å². The molecule has 1 aromatic carbocycles. The molecule has 0 aromatic heterocycles. The third-order valence-electron chi connectivity index (χ3n) is 3.24. The van der Waals surface area contributed by atoms with Crippen LogP contribution in [0.15, 0.2) is 24.3 Å². The Kier molecular flexibility index (Phi) is 5.60. The average molecular weight is 326 g/mol. The third kappa shape index (κ3) is 4.64. The van der Waals surface area contributed by atoms with E-state index < -0.39 is 4.32 Å². The van der Waals surface area contributed by atoms with E-state index in [-0.39, 0.29) is 11.9 Å². The molecule has 1 aromatic rings. The second-order valence-corrected chi connectivity index (χ2v) is 7.75. The van der Waals surface area contributed by atoms with Gasteiger partial charge >= 0.3 is 0 Å². The summed E-state index contributed by atoms with van der Waals surface area (Å²) in [5, 5.41) is 3.12. The number of alkyl halides is 1. The van der Waals surface area contributed by atoms with Crippen molar-refractivity contribution >= 4 is 21.8 Å². The van der Waals surface area contributed by atoms with E-state index in [1.807, 2.05) is 13.8 Å². The molecule has 0 bridgehead atoms. The molecule has 0 aliphatic heterocycles. The van der Waals surface area contributed by atoms with Crippen LogP contribution in [0.1, 0.15) is 51.8 Å². The zero-order valence-corrected chi connectivity index (χ0v) is 14.0. The molecule has 0 saturated carbocycles. The first-order valence-electron chi connectivity index (χ1n) is 6.84. The molecular formula is C16H24BrNO. The van der Waals surface area contributed by atoms with Crippen LogP contribution in [0.2, 0.25) is 0 Å². The fraction of sp³-hybridized carbons (Fsp3) is 0.562. The second-order valence-electron chi connectivity index (χ2n) is 5.76. The summed E-state index contributed by atoms with van der Waals surface area (Å²) in [4.78, 5) is 12.1. The van der Waals surface area contributed by atoms with E-state index in [0.717, 1.165) is 12.0 Å². The molecule has 0 heterocycles. The Balaban J connectivity index is 2.91. The van der Waals surface area contributed by atoms with Crippen LogP contribution < -0.4 is 5.32 Å². The monoisotopic (exact) mass is 325 g/mol. The minimum Gasteiger partial charge on any atom is -0.348 e. The van der Waals surface area contributed by atoms with Gasteiger partial charge in [0, 0.05) is 0 Å². The number of carbonyl (C=O) groups is 1. The number of amides is 1. The summed E-state index contributed by atoms with van der Waals surface area (Å²) in [6, 6.07) is 8.55. The predicted molar refractivity (Wildman–Crippen MR) is 84.5 cm³/mol. The Morgan fingerprint density at radius 1 is 1.26 bits per heavy atom. The number of benzene rings is 1. The number of halogens is 1. The molecule has 0 spiro atoms. The molecule has 106 valence electrons. The molecule has 19 heavy (non-hydrogen) atoms. The molecule has 0 saturated heterocycles. The van der Waals surface area contributed by atoms with E-state index in [1.165, 1.54) is 5.56 Å². The van der Waals surface area contributed by atoms with Crippen molar-refractivity contribution in [3.05, 3.63) is 35.4 Å². The maximum absolute atomic E-state index is 12.1. The standard InChI is InChI=1S/C16H24BrNO/c1-6-12-7-9-13(10-8-12)14(11(2)3)18-15(19)16(4,5)17/h7-11,14H,6H2,1-5H3,(H,18,19). The smallest absolute Gasteiger partial charge is 0.236 e. The van der Waals surface area contributed by atoms with Gasteiger partial charge < -0.3 is 5.32 Å². The van der Waals surface area contributed by atoms with Crippen LogP contribution in [-0.4, -0.2) is 10.2 Å². The maximum atomic E-state index is 12.1. The van der Waals surface area contributed by atoms with Gasteiger partial charge in [0.15, 0.2) is 0 Å². The molecule has 2 nitrogen and oxygen atoms in total.